The van der Waals surface area contributed by atoms with Crippen LogP contribution in [0.5, 0.6) is 0 Å². The van der Waals surface area contributed by atoms with Gasteiger partial charge in [0.25, 0.3) is 0 Å². The van der Waals surface area contributed by atoms with Gasteiger partial charge in [-0.15, -0.1) is 0 Å². The quantitative estimate of drug-likeness (QED) is 0.781. The van der Waals surface area contributed by atoms with Crippen LogP contribution in [-0.4, -0.2) is 11.8 Å². The zero-order valence-corrected chi connectivity index (χ0v) is 13.6. The monoisotopic (exact) mass is 370 g/mol. The Morgan fingerprint density at radius 1 is 0.960 bits per heavy atom. The molecule has 0 aliphatic rings. The molecule has 0 aromatic heterocycles. The molecular weight excluding hydrogens is 357 g/mol. The van der Waals surface area contributed by atoms with E-state index in [0.717, 1.165) is 17.7 Å². The number of halogens is 4. The Morgan fingerprint density at radius 3 is 2.24 bits per heavy atom. The predicted molar refractivity (Wildman–Crippen MR) is 88.0 cm³/mol. The molecular formula is C17H14ClF3N2O2. The van der Waals surface area contributed by atoms with E-state index >= 15 is 0 Å². The molecule has 4 nitrogen and oxygen atoms in total. The highest BCUT2D eigenvalue weighted by Crippen LogP contribution is 2.34. The van der Waals surface area contributed by atoms with E-state index in [1.54, 1.807) is 24.3 Å². The molecule has 25 heavy (non-hydrogen) atoms. The van der Waals surface area contributed by atoms with Gasteiger partial charge in [-0.05, 0) is 29.8 Å². The fraction of sp³-hybridized carbons (Fsp3) is 0.176. The van der Waals surface area contributed by atoms with Crippen molar-refractivity contribution in [1.29, 1.82) is 0 Å². The van der Waals surface area contributed by atoms with Crippen molar-refractivity contribution in [2.45, 2.75) is 19.1 Å². The Hall–Kier alpha value is -2.54. The smallest absolute Gasteiger partial charge is 0.352 e. The van der Waals surface area contributed by atoms with Crippen LogP contribution in [0.25, 0.3) is 0 Å². The molecule has 2 N–H and O–H groups in total. The lowest BCUT2D eigenvalue weighted by Gasteiger charge is -2.13. The van der Waals surface area contributed by atoms with Gasteiger partial charge in [-0.25, -0.2) is 0 Å². The highest BCUT2D eigenvalue weighted by atomic mass is 35.5. The van der Waals surface area contributed by atoms with Crippen LogP contribution in [0.1, 0.15) is 17.5 Å². The van der Waals surface area contributed by atoms with Crippen LogP contribution in [0.2, 0.25) is 5.02 Å². The number of nitrogens with one attached hydrogen (secondary N) is 2. The van der Waals surface area contributed by atoms with E-state index in [1.807, 2.05) is 0 Å². The number of anilines is 1. The summed E-state index contributed by atoms with van der Waals surface area (Å²) in [6.07, 6.45) is -5.18. The van der Waals surface area contributed by atoms with Crippen molar-refractivity contribution in [2.75, 3.05) is 5.32 Å². The normalized spacial score (nSPS) is 11.0. The van der Waals surface area contributed by atoms with Crippen LogP contribution >= 0.6 is 11.6 Å². The van der Waals surface area contributed by atoms with Crippen LogP contribution in [0, 0.1) is 0 Å². The molecule has 0 spiro atoms. The third-order valence-corrected chi connectivity index (χ3v) is 3.48. The van der Waals surface area contributed by atoms with Crippen molar-refractivity contribution in [2.24, 2.45) is 0 Å². The lowest BCUT2D eigenvalue weighted by Crippen LogP contribution is -2.28. The molecule has 0 aliphatic carbocycles. The number of alkyl halides is 3. The molecule has 0 unspecified atom stereocenters. The molecule has 0 atom stereocenters. The average Bonchev–Trinajstić information content (AvgIpc) is 2.53. The Morgan fingerprint density at radius 2 is 1.60 bits per heavy atom. The Labute approximate surface area is 147 Å². The van der Waals surface area contributed by atoms with Gasteiger partial charge in [0.2, 0.25) is 11.8 Å². The van der Waals surface area contributed by atoms with Crippen molar-refractivity contribution < 1.29 is 22.8 Å². The number of rotatable bonds is 5. The highest BCUT2D eigenvalue weighted by molar-refractivity contribution is 6.30. The first-order valence-corrected chi connectivity index (χ1v) is 7.61. The molecule has 0 bridgehead atoms. The largest absolute Gasteiger partial charge is 0.418 e. The van der Waals surface area contributed by atoms with Gasteiger partial charge in [-0.1, -0.05) is 35.9 Å². The molecule has 0 heterocycles. The number of benzene rings is 2. The van der Waals surface area contributed by atoms with E-state index in [2.05, 4.69) is 10.6 Å². The maximum Gasteiger partial charge on any atom is 0.418 e. The molecule has 2 rings (SSSR count). The third kappa shape index (κ3) is 5.79. The zero-order valence-electron chi connectivity index (χ0n) is 12.9. The second-order valence-corrected chi connectivity index (χ2v) is 5.61. The van der Waals surface area contributed by atoms with E-state index in [1.165, 1.54) is 12.1 Å². The van der Waals surface area contributed by atoms with Gasteiger partial charge in [0.05, 0.1) is 11.3 Å². The van der Waals surface area contributed by atoms with Crippen molar-refractivity contribution in [3.63, 3.8) is 0 Å². The summed E-state index contributed by atoms with van der Waals surface area (Å²) in [6.45, 7) is 0.183. The fourth-order valence-electron chi connectivity index (χ4n) is 2.04. The summed E-state index contributed by atoms with van der Waals surface area (Å²) in [5.74, 6) is -1.43. The predicted octanol–water partition coefficient (Wildman–Crippen LogP) is 4.00. The number of carbonyl (C=O) groups excluding carboxylic acids is 2. The number of carbonyl (C=O) groups is 2. The molecule has 2 aromatic carbocycles. The van der Waals surface area contributed by atoms with Gasteiger partial charge in [-0.2, -0.15) is 13.2 Å². The van der Waals surface area contributed by atoms with E-state index < -0.39 is 30.0 Å². The molecule has 0 saturated heterocycles. The van der Waals surface area contributed by atoms with Crippen molar-refractivity contribution >= 4 is 29.1 Å². The maximum atomic E-state index is 12.9. The van der Waals surface area contributed by atoms with E-state index in [4.69, 9.17) is 11.6 Å². The molecule has 0 aliphatic heterocycles. The van der Waals surface area contributed by atoms with Crippen molar-refractivity contribution in [3.8, 4) is 0 Å². The topological polar surface area (TPSA) is 58.2 Å². The molecule has 132 valence electrons. The fourth-order valence-corrected chi connectivity index (χ4v) is 2.17. The second kappa shape index (κ2) is 8.02. The van der Waals surface area contributed by atoms with E-state index in [-0.39, 0.29) is 12.2 Å². The first-order chi connectivity index (χ1) is 11.8. The summed E-state index contributed by atoms with van der Waals surface area (Å²) in [4.78, 5) is 23.5. The van der Waals surface area contributed by atoms with Crippen molar-refractivity contribution in [3.05, 3.63) is 64.7 Å². The molecule has 0 fully saturated rings. The van der Waals surface area contributed by atoms with Crippen LogP contribution in [0.3, 0.4) is 0 Å². The van der Waals surface area contributed by atoms with Crippen LogP contribution in [0.15, 0.2) is 48.5 Å². The number of hydrogen-bond acceptors (Lipinski definition) is 2. The zero-order chi connectivity index (χ0) is 18.4. The minimum atomic E-state index is -4.60. The highest BCUT2D eigenvalue weighted by Gasteiger charge is 2.33. The molecule has 0 saturated carbocycles. The minimum Gasteiger partial charge on any atom is -0.352 e. The van der Waals surface area contributed by atoms with Crippen molar-refractivity contribution in [1.82, 2.24) is 5.32 Å². The van der Waals surface area contributed by atoms with Crippen LogP contribution in [0.4, 0.5) is 18.9 Å². The number of hydrogen-bond donors (Lipinski definition) is 2. The van der Waals surface area contributed by atoms with Crippen LogP contribution in [-0.2, 0) is 22.3 Å². The Bertz CT molecular complexity index is 761. The van der Waals surface area contributed by atoms with E-state index in [0.29, 0.717) is 5.02 Å². The van der Waals surface area contributed by atoms with Gasteiger partial charge in [0, 0.05) is 11.6 Å². The number of para-hydroxylation sites is 1. The average molecular weight is 371 g/mol. The summed E-state index contributed by atoms with van der Waals surface area (Å²) in [7, 11) is 0. The van der Waals surface area contributed by atoms with Crippen LogP contribution < -0.4 is 10.6 Å². The lowest BCUT2D eigenvalue weighted by molar-refractivity contribution is -0.137. The first kappa shape index (κ1) is 18.8. The van der Waals surface area contributed by atoms with Gasteiger partial charge in [-0.3, -0.25) is 9.59 Å². The number of amides is 2. The standard InChI is InChI=1S/C17H14ClF3N2O2/c18-12-7-5-11(6-8-12)10-22-15(24)9-16(25)23-14-4-2-1-3-13(14)17(19,20)21/h1-8H,9-10H2,(H,22,24)(H,23,25). The third-order valence-electron chi connectivity index (χ3n) is 3.23. The van der Waals surface area contributed by atoms with E-state index in [9.17, 15) is 22.8 Å². The molecule has 2 amide bonds. The Kier molecular flexibility index (Phi) is 6.03. The first-order valence-electron chi connectivity index (χ1n) is 7.23. The maximum absolute atomic E-state index is 12.9. The minimum absolute atomic E-state index is 0.183. The molecule has 2 aromatic rings. The van der Waals surface area contributed by atoms with Gasteiger partial charge >= 0.3 is 6.18 Å². The molecule has 8 heteroatoms. The molecule has 0 radical (unpaired) electrons. The summed E-state index contributed by atoms with van der Waals surface area (Å²) < 4.78 is 38.6. The summed E-state index contributed by atoms with van der Waals surface area (Å²) in [6, 6.07) is 11.3. The summed E-state index contributed by atoms with van der Waals surface area (Å²) in [5.41, 5.74) is -0.573. The SMILES string of the molecule is O=C(CC(=O)Nc1ccccc1C(F)(F)F)NCc1ccc(Cl)cc1. The van der Waals surface area contributed by atoms with Gasteiger partial charge in [0.1, 0.15) is 6.42 Å². The Balaban J connectivity index is 1.90. The summed E-state index contributed by atoms with van der Waals surface area (Å²) >= 11 is 5.74. The lowest BCUT2D eigenvalue weighted by atomic mass is 10.1. The van der Waals surface area contributed by atoms with Gasteiger partial charge in [0.15, 0.2) is 0 Å². The summed E-state index contributed by atoms with van der Waals surface area (Å²) in [5, 5.41) is 5.18. The second-order valence-electron chi connectivity index (χ2n) is 5.17. The van der Waals surface area contributed by atoms with Gasteiger partial charge < -0.3 is 10.6 Å².